The van der Waals surface area contributed by atoms with Gasteiger partial charge >= 0.3 is 0 Å². The van der Waals surface area contributed by atoms with Crippen molar-refractivity contribution in [1.29, 1.82) is 0 Å². The van der Waals surface area contributed by atoms with Crippen molar-refractivity contribution in [1.82, 2.24) is 14.8 Å². The average molecular weight is 455 g/mol. The average Bonchev–Trinajstić information content (AvgIpc) is 3.53. The molecule has 0 radical (unpaired) electrons. The molecule has 0 bridgehead atoms. The third-order valence-electron chi connectivity index (χ3n) is 5.74. The molecule has 0 spiro atoms. The molecule has 2 aromatic carbocycles. The van der Waals surface area contributed by atoms with Crippen LogP contribution in [0.5, 0.6) is 0 Å². The molecule has 3 aromatic rings. The van der Waals surface area contributed by atoms with Crippen LogP contribution in [0.4, 0.5) is 5.69 Å². The second kappa shape index (κ2) is 9.02. The monoisotopic (exact) mass is 454 g/mol. The number of anilines is 1. The molecule has 3 heterocycles. The number of nitrogens with zero attached hydrogens (tertiary/aromatic N) is 4. The number of carbonyl (C=O) groups excluding carboxylic acids is 1. The minimum Gasteiger partial charge on any atom is -0.376 e. The molecule has 8 heteroatoms. The van der Waals surface area contributed by atoms with Crippen LogP contribution < -0.4 is 4.90 Å². The Labute approximate surface area is 190 Å². The summed E-state index contributed by atoms with van der Waals surface area (Å²) in [6.45, 7) is 2.20. The number of thioether (sulfide) groups is 1. The number of carbonyl (C=O) groups is 1. The summed E-state index contributed by atoms with van der Waals surface area (Å²) >= 11 is 7.49. The van der Waals surface area contributed by atoms with E-state index in [9.17, 15) is 4.79 Å². The van der Waals surface area contributed by atoms with E-state index in [0.29, 0.717) is 17.3 Å². The van der Waals surface area contributed by atoms with Crippen molar-refractivity contribution in [2.45, 2.75) is 37.1 Å². The summed E-state index contributed by atoms with van der Waals surface area (Å²) in [5, 5.41) is 10.3. The summed E-state index contributed by atoms with van der Waals surface area (Å²) in [5.74, 6) is 1.18. The Morgan fingerprint density at radius 2 is 2.00 bits per heavy atom. The van der Waals surface area contributed by atoms with Crippen LogP contribution in [-0.2, 0) is 22.5 Å². The van der Waals surface area contributed by atoms with E-state index in [2.05, 4.69) is 20.8 Å². The van der Waals surface area contributed by atoms with Gasteiger partial charge in [0.1, 0.15) is 0 Å². The molecule has 31 heavy (non-hydrogen) atoms. The summed E-state index contributed by atoms with van der Waals surface area (Å²) in [4.78, 5) is 14.8. The Kier molecular flexibility index (Phi) is 5.98. The van der Waals surface area contributed by atoms with Gasteiger partial charge in [0.05, 0.1) is 18.4 Å². The molecule has 2 aliphatic heterocycles. The molecular weight excluding hydrogens is 432 g/mol. The molecule has 1 atom stereocenters. The van der Waals surface area contributed by atoms with Gasteiger partial charge in [-0.2, -0.15) is 0 Å². The number of hydrogen-bond donors (Lipinski definition) is 0. The number of benzene rings is 2. The van der Waals surface area contributed by atoms with Crippen LogP contribution in [0.1, 0.15) is 18.4 Å². The largest absolute Gasteiger partial charge is 0.376 e. The zero-order chi connectivity index (χ0) is 21.2. The lowest BCUT2D eigenvalue weighted by Gasteiger charge is -2.18. The fraction of sp³-hybridized carbons (Fsp3) is 0.348. The second-order valence-corrected chi connectivity index (χ2v) is 9.15. The fourth-order valence-electron chi connectivity index (χ4n) is 4.17. The first-order chi connectivity index (χ1) is 15.2. The van der Waals surface area contributed by atoms with Crippen LogP contribution in [0.15, 0.2) is 53.7 Å². The van der Waals surface area contributed by atoms with Gasteiger partial charge in [0, 0.05) is 29.4 Å². The van der Waals surface area contributed by atoms with E-state index in [-0.39, 0.29) is 12.0 Å². The highest BCUT2D eigenvalue weighted by Crippen LogP contribution is 2.30. The fourth-order valence-corrected chi connectivity index (χ4v) is 5.12. The van der Waals surface area contributed by atoms with E-state index in [1.54, 1.807) is 0 Å². The Hall–Kier alpha value is -2.35. The molecule has 2 aliphatic rings. The summed E-state index contributed by atoms with van der Waals surface area (Å²) in [6, 6.07) is 15.7. The van der Waals surface area contributed by atoms with E-state index in [1.807, 2.05) is 47.4 Å². The summed E-state index contributed by atoms with van der Waals surface area (Å²) < 4.78 is 7.93. The van der Waals surface area contributed by atoms with E-state index < -0.39 is 0 Å². The maximum atomic E-state index is 13.0. The minimum absolute atomic E-state index is 0.0923. The van der Waals surface area contributed by atoms with E-state index in [0.717, 1.165) is 54.6 Å². The van der Waals surface area contributed by atoms with Crippen LogP contribution in [0.2, 0.25) is 5.02 Å². The number of rotatable bonds is 6. The summed E-state index contributed by atoms with van der Waals surface area (Å²) in [6.07, 6.45) is 3.13. The van der Waals surface area contributed by atoms with Crippen molar-refractivity contribution in [2.24, 2.45) is 0 Å². The van der Waals surface area contributed by atoms with Crippen LogP contribution in [0, 0.1) is 0 Å². The first-order valence-electron chi connectivity index (χ1n) is 10.5. The molecule has 1 unspecified atom stereocenters. The number of para-hydroxylation sites is 1. The van der Waals surface area contributed by atoms with Gasteiger partial charge in [0.15, 0.2) is 11.0 Å². The molecule has 0 saturated carbocycles. The standard InChI is InChI=1S/C23H23ClN4O2S/c24-18-9-7-17(8-10-18)22-25-26-23(28(22)14-19-5-3-13-30-19)31-15-21(29)27-12-11-16-4-1-2-6-20(16)27/h1-2,4,6-10,19H,3,5,11-15H2. The number of aromatic nitrogens is 3. The van der Waals surface area contributed by atoms with Gasteiger partial charge in [-0.3, -0.25) is 9.36 Å². The molecule has 1 aromatic heterocycles. The molecule has 5 rings (SSSR count). The second-order valence-electron chi connectivity index (χ2n) is 7.77. The molecule has 160 valence electrons. The van der Waals surface area contributed by atoms with E-state index >= 15 is 0 Å². The van der Waals surface area contributed by atoms with Crippen LogP contribution >= 0.6 is 23.4 Å². The minimum atomic E-state index is 0.0923. The lowest BCUT2D eigenvalue weighted by Crippen LogP contribution is -2.30. The van der Waals surface area contributed by atoms with Crippen molar-refractivity contribution in [3.05, 3.63) is 59.1 Å². The van der Waals surface area contributed by atoms with Crippen molar-refractivity contribution in [2.75, 3.05) is 23.8 Å². The van der Waals surface area contributed by atoms with Crippen molar-refractivity contribution in [3.63, 3.8) is 0 Å². The number of halogens is 1. The van der Waals surface area contributed by atoms with E-state index in [1.165, 1.54) is 17.3 Å². The predicted molar refractivity (Wildman–Crippen MR) is 123 cm³/mol. The number of amides is 1. The maximum Gasteiger partial charge on any atom is 0.237 e. The molecule has 0 aliphatic carbocycles. The van der Waals surface area contributed by atoms with Gasteiger partial charge in [-0.1, -0.05) is 41.6 Å². The van der Waals surface area contributed by atoms with Crippen LogP contribution in [0.3, 0.4) is 0 Å². The lowest BCUT2D eigenvalue weighted by molar-refractivity contribution is -0.116. The SMILES string of the molecule is O=C(CSc1nnc(-c2ccc(Cl)cc2)n1CC1CCCO1)N1CCc2ccccc21. The number of fused-ring (bicyclic) bond motifs is 1. The summed E-state index contributed by atoms with van der Waals surface area (Å²) in [5.41, 5.74) is 3.20. The van der Waals surface area contributed by atoms with Gasteiger partial charge in [0.25, 0.3) is 0 Å². The molecule has 0 N–H and O–H groups in total. The maximum absolute atomic E-state index is 13.0. The third-order valence-corrected chi connectivity index (χ3v) is 6.95. The van der Waals surface area contributed by atoms with Gasteiger partial charge in [-0.05, 0) is 55.2 Å². The molecular formula is C23H23ClN4O2S. The van der Waals surface area contributed by atoms with Crippen LogP contribution in [-0.4, -0.2) is 45.7 Å². The van der Waals surface area contributed by atoms with Gasteiger partial charge < -0.3 is 9.64 Å². The summed E-state index contributed by atoms with van der Waals surface area (Å²) in [7, 11) is 0. The van der Waals surface area contributed by atoms with Gasteiger partial charge in [0.2, 0.25) is 5.91 Å². The normalized spacial score (nSPS) is 17.8. The van der Waals surface area contributed by atoms with Crippen molar-refractivity contribution in [3.8, 4) is 11.4 Å². The first-order valence-corrected chi connectivity index (χ1v) is 11.9. The predicted octanol–water partition coefficient (Wildman–Crippen LogP) is 4.46. The number of hydrogen-bond acceptors (Lipinski definition) is 5. The van der Waals surface area contributed by atoms with Crippen molar-refractivity contribution >= 4 is 35.0 Å². The zero-order valence-corrected chi connectivity index (χ0v) is 18.6. The third kappa shape index (κ3) is 4.35. The van der Waals surface area contributed by atoms with Gasteiger partial charge in [-0.25, -0.2) is 0 Å². The Morgan fingerprint density at radius 1 is 1.16 bits per heavy atom. The highest BCUT2D eigenvalue weighted by molar-refractivity contribution is 7.99. The van der Waals surface area contributed by atoms with E-state index in [4.69, 9.17) is 16.3 Å². The van der Waals surface area contributed by atoms with Gasteiger partial charge in [-0.15, -0.1) is 10.2 Å². The highest BCUT2D eigenvalue weighted by atomic mass is 35.5. The lowest BCUT2D eigenvalue weighted by atomic mass is 10.2. The molecule has 1 fully saturated rings. The molecule has 1 saturated heterocycles. The Bertz CT molecular complexity index is 1080. The van der Waals surface area contributed by atoms with Crippen molar-refractivity contribution < 1.29 is 9.53 Å². The quantitative estimate of drug-likeness (QED) is 0.514. The highest BCUT2D eigenvalue weighted by Gasteiger charge is 2.26. The Balaban J connectivity index is 1.36. The topological polar surface area (TPSA) is 60.3 Å². The van der Waals surface area contributed by atoms with Crippen LogP contribution in [0.25, 0.3) is 11.4 Å². The molecule has 6 nitrogen and oxygen atoms in total. The zero-order valence-electron chi connectivity index (χ0n) is 17.0. The number of ether oxygens (including phenoxy) is 1. The smallest absolute Gasteiger partial charge is 0.237 e. The molecule has 1 amide bonds. The first kappa shape index (κ1) is 20.5. The Morgan fingerprint density at radius 3 is 2.81 bits per heavy atom.